The van der Waals surface area contributed by atoms with E-state index >= 15 is 0 Å². The predicted octanol–water partition coefficient (Wildman–Crippen LogP) is 1.91. The van der Waals surface area contributed by atoms with Gasteiger partial charge in [-0.3, -0.25) is 9.69 Å². The summed E-state index contributed by atoms with van der Waals surface area (Å²) in [4.78, 5) is 24.8. The number of aliphatic hydroxyl groups is 1. The lowest BCUT2D eigenvalue weighted by Crippen LogP contribution is -2.42. The number of amides is 1. The molecule has 0 bridgehead atoms. The minimum absolute atomic E-state index is 0.0352. The molecule has 22 heavy (non-hydrogen) atoms. The number of methoxy groups -OCH3 is 1. The lowest BCUT2D eigenvalue weighted by molar-refractivity contribution is -0.135. The summed E-state index contributed by atoms with van der Waals surface area (Å²) in [7, 11) is 1.28. The molecule has 0 aromatic heterocycles. The van der Waals surface area contributed by atoms with Gasteiger partial charge in [-0.1, -0.05) is 56.1 Å². The summed E-state index contributed by atoms with van der Waals surface area (Å²) < 4.78 is 5.01. The van der Waals surface area contributed by atoms with Gasteiger partial charge >= 0.3 is 5.97 Å². The molecule has 2 atom stereocenters. The van der Waals surface area contributed by atoms with Gasteiger partial charge in [0.1, 0.15) is 4.32 Å². The monoisotopic (exact) mass is 343 g/mol. The number of nitrogens with zero attached hydrogens (tertiary/aromatic N) is 1. The zero-order chi connectivity index (χ0) is 16.7. The molecule has 0 aromatic rings. The summed E-state index contributed by atoms with van der Waals surface area (Å²) in [6, 6.07) is 0.0837. The van der Waals surface area contributed by atoms with Gasteiger partial charge < -0.3 is 9.84 Å². The average Bonchev–Trinajstić information content (AvgIpc) is 2.85. The van der Waals surface area contributed by atoms with Crippen molar-refractivity contribution in [3.05, 3.63) is 24.3 Å². The summed E-state index contributed by atoms with van der Waals surface area (Å²) in [6.45, 7) is 4.10. The lowest BCUT2D eigenvalue weighted by Gasteiger charge is -2.26. The van der Waals surface area contributed by atoms with Crippen molar-refractivity contribution in [3.8, 4) is 0 Å². The molecule has 7 heteroatoms. The Morgan fingerprint density at radius 2 is 2.18 bits per heavy atom. The highest BCUT2D eigenvalue weighted by Crippen LogP contribution is 2.29. The Bertz CT molecular complexity index is 488. The fraction of sp³-hybridized carbons (Fsp3) is 0.533. The molecule has 1 fully saturated rings. The van der Waals surface area contributed by atoms with Crippen molar-refractivity contribution in [3.63, 3.8) is 0 Å². The van der Waals surface area contributed by atoms with E-state index in [0.717, 1.165) is 5.75 Å². The standard InChI is InChI=1S/C15H21NO4S2/c1-10(2)12-9-22-15(21)16(12)13(18)8-11(17)6-4-5-7-14(19)20-3/h4-7,10-12,17H,8-9H2,1-3H3/b6-4+,7-5-/t11-,12+/m0/s1. The fourth-order valence-corrected chi connectivity index (χ4v) is 3.62. The van der Waals surface area contributed by atoms with Gasteiger partial charge in [-0.15, -0.1) is 0 Å². The van der Waals surface area contributed by atoms with E-state index in [-0.39, 0.29) is 18.4 Å². The SMILES string of the molecule is COC(=O)/C=C\C=C\[C@H](O)CC(=O)N1C(=S)SC[C@@H]1C(C)C. The molecule has 0 saturated carbocycles. The van der Waals surface area contributed by atoms with Crippen LogP contribution in [-0.2, 0) is 14.3 Å². The van der Waals surface area contributed by atoms with Crippen molar-refractivity contribution in [1.82, 2.24) is 4.90 Å². The number of rotatable bonds is 6. The number of carbonyl (C=O) groups is 2. The molecule has 1 saturated heterocycles. The van der Waals surface area contributed by atoms with Crippen LogP contribution in [0, 0.1) is 5.92 Å². The average molecular weight is 343 g/mol. The number of hydrogen-bond acceptors (Lipinski definition) is 6. The third kappa shape index (κ3) is 5.55. The lowest BCUT2D eigenvalue weighted by atomic mass is 10.0. The Hall–Kier alpha value is -1.18. The number of thiocarbonyl (C=S) groups is 1. The zero-order valence-corrected chi connectivity index (χ0v) is 14.5. The van der Waals surface area contributed by atoms with Crippen molar-refractivity contribution in [2.45, 2.75) is 32.4 Å². The number of esters is 1. The fourth-order valence-electron chi connectivity index (χ4n) is 1.95. The van der Waals surface area contributed by atoms with Crippen LogP contribution >= 0.6 is 24.0 Å². The number of aliphatic hydroxyl groups excluding tert-OH is 1. The van der Waals surface area contributed by atoms with Crippen molar-refractivity contribution in [1.29, 1.82) is 0 Å². The van der Waals surface area contributed by atoms with Gasteiger partial charge in [0, 0.05) is 17.9 Å². The topological polar surface area (TPSA) is 66.8 Å². The van der Waals surface area contributed by atoms with Gasteiger partial charge in [-0.25, -0.2) is 4.79 Å². The maximum absolute atomic E-state index is 12.3. The van der Waals surface area contributed by atoms with Crippen molar-refractivity contribution < 1.29 is 19.4 Å². The highest BCUT2D eigenvalue weighted by atomic mass is 32.2. The van der Waals surface area contributed by atoms with E-state index < -0.39 is 12.1 Å². The van der Waals surface area contributed by atoms with E-state index in [4.69, 9.17) is 12.2 Å². The van der Waals surface area contributed by atoms with Crippen LogP contribution < -0.4 is 0 Å². The summed E-state index contributed by atoms with van der Waals surface area (Å²) in [5.74, 6) is 0.459. The van der Waals surface area contributed by atoms with E-state index in [9.17, 15) is 14.7 Å². The molecule has 0 radical (unpaired) electrons. The smallest absolute Gasteiger partial charge is 0.330 e. The largest absolute Gasteiger partial charge is 0.466 e. The summed E-state index contributed by atoms with van der Waals surface area (Å²) >= 11 is 6.72. The Balaban J connectivity index is 2.56. The quantitative estimate of drug-likeness (QED) is 0.344. The zero-order valence-electron chi connectivity index (χ0n) is 12.9. The molecule has 0 unspecified atom stereocenters. The Kier molecular flexibility index (Phi) is 7.78. The third-order valence-electron chi connectivity index (χ3n) is 3.21. The highest BCUT2D eigenvalue weighted by molar-refractivity contribution is 8.23. The first-order valence-electron chi connectivity index (χ1n) is 6.96. The molecule has 0 aliphatic carbocycles. The molecule has 5 nitrogen and oxygen atoms in total. The molecule has 0 aromatic carbocycles. The van der Waals surface area contributed by atoms with Crippen LogP contribution in [-0.4, -0.2) is 51.2 Å². The van der Waals surface area contributed by atoms with E-state index in [1.165, 1.54) is 43.2 Å². The minimum atomic E-state index is -0.920. The van der Waals surface area contributed by atoms with Crippen LogP contribution in [0.4, 0.5) is 0 Å². The number of thioether (sulfide) groups is 1. The van der Waals surface area contributed by atoms with Crippen LogP contribution in [0.3, 0.4) is 0 Å². The van der Waals surface area contributed by atoms with Crippen molar-refractivity contribution in [2.75, 3.05) is 12.9 Å². The van der Waals surface area contributed by atoms with Gasteiger partial charge in [-0.05, 0) is 5.92 Å². The van der Waals surface area contributed by atoms with Gasteiger partial charge in [0.2, 0.25) is 5.91 Å². The van der Waals surface area contributed by atoms with Crippen molar-refractivity contribution >= 4 is 40.2 Å². The minimum Gasteiger partial charge on any atom is -0.466 e. The van der Waals surface area contributed by atoms with Crippen molar-refractivity contribution in [2.24, 2.45) is 5.92 Å². The first-order valence-corrected chi connectivity index (χ1v) is 8.36. The number of hydrogen-bond donors (Lipinski definition) is 1. The van der Waals surface area contributed by atoms with Crippen LogP contribution in [0.1, 0.15) is 20.3 Å². The second-order valence-electron chi connectivity index (χ2n) is 5.19. The van der Waals surface area contributed by atoms with Crippen LogP contribution in [0.25, 0.3) is 0 Å². The molecule has 1 amide bonds. The molecule has 1 heterocycles. The Labute approximate surface area is 140 Å². The summed E-state index contributed by atoms with van der Waals surface area (Å²) in [5, 5.41) is 9.88. The molecule has 122 valence electrons. The molecular formula is C15H21NO4S2. The second kappa shape index (κ2) is 9.07. The third-order valence-corrected chi connectivity index (χ3v) is 4.71. The molecule has 1 aliphatic heterocycles. The van der Waals surface area contributed by atoms with Gasteiger partial charge in [0.25, 0.3) is 0 Å². The molecule has 0 spiro atoms. The molecule has 1 rings (SSSR count). The highest BCUT2D eigenvalue weighted by Gasteiger charge is 2.35. The maximum atomic E-state index is 12.3. The first kappa shape index (κ1) is 18.9. The molecule has 1 aliphatic rings. The van der Waals surface area contributed by atoms with E-state index in [1.54, 1.807) is 4.90 Å². The molecular weight excluding hydrogens is 322 g/mol. The predicted molar refractivity (Wildman–Crippen MR) is 91.4 cm³/mol. The van der Waals surface area contributed by atoms with Gasteiger partial charge in [0.05, 0.1) is 19.6 Å². The summed E-state index contributed by atoms with van der Waals surface area (Å²) in [5.41, 5.74) is 0. The first-order chi connectivity index (χ1) is 10.4. The van der Waals surface area contributed by atoms with E-state index in [1.807, 2.05) is 13.8 Å². The van der Waals surface area contributed by atoms with E-state index in [2.05, 4.69) is 4.74 Å². The maximum Gasteiger partial charge on any atom is 0.330 e. The number of carbonyl (C=O) groups excluding carboxylic acids is 2. The van der Waals surface area contributed by atoms with Crippen LogP contribution in [0.15, 0.2) is 24.3 Å². The molecule has 1 N–H and O–H groups in total. The second-order valence-corrected chi connectivity index (χ2v) is 6.84. The van der Waals surface area contributed by atoms with E-state index in [0.29, 0.717) is 10.2 Å². The number of ether oxygens (including phenoxy) is 1. The van der Waals surface area contributed by atoms with Crippen LogP contribution in [0.2, 0.25) is 0 Å². The normalized spacial score (nSPS) is 20.3. The summed E-state index contributed by atoms with van der Waals surface area (Å²) in [6.07, 6.45) is 4.68. The Morgan fingerprint density at radius 1 is 1.50 bits per heavy atom. The van der Waals surface area contributed by atoms with Crippen LogP contribution in [0.5, 0.6) is 0 Å². The van der Waals surface area contributed by atoms with Gasteiger partial charge in [0.15, 0.2) is 0 Å². The van der Waals surface area contributed by atoms with Gasteiger partial charge in [-0.2, -0.15) is 0 Å². The number of allylic oxidation sites excluding steroid dienone is 2. The Morgan fingerprint density at radius 3 is 2.77 bits per heavy atom.